The van der Waals surface area contributed by atoms with Gasteiger partial charge in [0.15, 0.2) is 0 Å². The Bertz CT molecular complexity index is 715. The Morgan fingerprint density at radius 2 is 1.90 bits per heavy atom. The minimum Gasteiger partial charge on any atom is -0.497 e. The van der Waals surface area contributed by atoms with Crippen molar-refractivity contribution in [3.05, 3.63) is 58.5 Å². The maximum Gasteiger partial charge on any atom is 0.255 e. The second kappa shape index (κ2) is 5.44. The molecule has 1 aromatic heterocycles. The van der Waals surface area contributed by atoms with Crippen LogP contribution >= 0.6 is 0 Å². The quantitative estimate of drug-likeness (QED) is 0.930. The summed E-state index contributed by atoms with van der Waals surface area (Å²) in [7, 11) is 1.59. The lowest BCUT2D eigenvalue weighted by Crippen LogP contribution is -2.27. The number of pyridine rings is 1. The molecule has 108 valence electrons. The lowest BCUT2D eigenvalue weighted by Gasteiger charge is -2.09. The fraction of sp³-hybridized carbons (Fsp3) is 0.250. The van der Waals surface area contributed by atoms with Crippen molar-refractivity contribution in [3.63, 3.8) is 0 Å². The first kappa shape index (κ1) is 13.4. The monoisotopic (exact) mass is 284 g/mol. The predicted molar refractivity (Wildman–Crippen MR) is 79.1 cm³/mol. The van der Waals surface area contributed by atoms with E-state index in [9.17, 15) is 9.59 Å². The van der Waals surface area contributed by atoms with Crippen LogP contribution in [0.25, 0.3) is 5.69 Å². The summed E-state index contributed by atoms with van der Waals surface area (Å²) in [4.78, 5) is 24.0. The van der Waals surface area contributed by atoms with Gasteiger partial charge in [-0.15, -0.1) is 0 Å². The van der Waals surface area contributed by atoms with Crippen molar-refractivity contribution >= 4 is 5.91 Å². The average Bonchev–Trinajstić information content (AvgIpc) is 3.32. The summed E-state index contributed by atoms with van der Waals surface area (Å²) in [6, 6.07) is 10.4. The van der Waals surface area contributed by atoms with Gasteiger partial charge in [0, 0.05) is 24.0 Å². The lowest BCUT2D eigenvalue weighted by atomic mass is 10.2. The van der Waals surface area contributed by atoms with Crippen molar-refractivity contribution < 1.29 is 9.53 Å². The lowest BCUT2D eigenvalue weighted by molar-refractivity contribution is 0.0950. The van der Waals surface area contributed by atoms with E-state index in [0.29, 0.717) is 17.3 Å². The van der Waals surface area contributed by atoms with Crippen molar-refractivity contribution in [3.8, 4) is 11.4 Å². The van der Waals surface area contributed by atoms with Crippen LogP contribution in [0, 0.1) is 0 Å². The van der Waals surface area contributed by atoms with E-state index in [1.807, 2.05) is 0 Å². The number of nitrogens with zero attached hydrogens (tertiary/aromatic N) is 1. The molecule has 0 aliphatic heterocycles. The van der Waals surface area contributed by atoms with E-state index >= 15 is 0 Å². The highest BCUT2D eigenvalue weighted by Gasteiger charge is 2.24. The number of aromatic nitrogens is 1. The first-order chi connectivity index (χ1) is 10.2. The van der Waals surface area contributed by atoms with Crippen LogP contribution in [0.4, 0.5) is 0 Å². The molecule has 0 unspecified atom stereocenters. The number of hydrogen-bond acceptors (Lipinski definition) is 3. The standard InChI is InChI=1S/C16H16N2O3/c1-21-14-7-5-13(6-8-14)18-10-11(2-9-15(18)19)16(20)17-12-3-4-12/h2,5-10,12H,3-4H2,1H3,(H,17,20). The molecule has 1 heterocycles. The zero-order valence-electron chi connectivity index (χ0n) is 11.7. The van der Waals surface area contributed by atoms with Gasteiger partial charge in [0.25, 0.3) is 11.5 Å². The van der Waals surface area contributed by atoms with Crippen molar-refractivity contribution in [1.82, 2.24) is 9.88 Å². The van der Waals surface area contributed by atoms with Gasteiger partial charge in [0.2, 0.25) is 0 Å². The third kappa shape index (κ3) is 2.97. The Kier molecular flexibility index (Phi) is 3.48. The molecule has 1 aliphatic rings. The van der Waals surface area contributed by atoms with Gasteiger partial charge in [-0.2, -0.15) is 0 Å². The smallest absolute Gasteiger partial charge is 0.255 e. The highest BCUT2D eigenvalue weighted by atomic mass is 16.5. The number of carbonyl (C=O) groups excluding carboxylic acids is 1. The molecule has 0 saturated heterocycles. The molecule has 1 saturated carbocycles. The topological polar surface area (TPSA) is 60.3 Å². The molecule has 1 aliphatic carbocycles. The number of hydrogen-bond donors (Lipinski definition) is 1. The first-order valence-electron chi connectivity index (χ1n) is 6.85. The van der Waals surface area contributed by atoms with Gasteiger partial charge in [-0.05, 0) is 43.2 Å². The van der Waals surface area contributed by atoms with Crippen molar-refractivity contribution in [2.75, 3.05) is 7.11 Å². The number of rotatable bonds is 4. The number of benzene rings is 1. The molecule has 1 amide bonds. The summed E-state index contributed by atoms with van der Waals surface area (Å²) in [6.45, 7) is 0. The van der Waals surface area contributed by atoms with Crippen LogP contribution in [0.5, 0.6) is 5.75 Å². The SMILES string of the molecule is COc1ccc(-n2cc(C(=O)NC3CC3)ccc2=O)cc1. The van der Waals surface area contributed by atoms with E-state index in [0.717, 1.165) is 18.6 Å². The van der Waals surface area contributed by atoms with Crippen LogP contribution in [-0.2, 0) is 0 Å². The Morgan fingerprint density at radius 1 is 1.19 bits per heavy atom. The molecular formula is C16H16N2O3. The maximum atomic E-state index is 12.0. The molecule has 3 rings (SSSR count). The summed E-state index contributed by atoms with van der Waals surface area (Å²) in [6.07, 6.45) is 3.63. The van der Waals surface area contributed by atoms with Gasteiger partial charge in [0.1, 0.15) is 5.75 Å². The maximum absolute atomic E-state index is 12.0. The van der Waals surface area contributed by atoms with E-state index in [-0.39, 0.29) is 11.5 Å². The van der Waals surface area contributed by atoms with Crippen molar-refractivity contribution in [2.45, 2.75) is 18.9 Å². The second-order valence-corrected chi connectivity index (χ2v) is 5.07. The molecule has 1 fully saturated rings. The fourth-order valence-electron chi connectivity index (χ4n) is 2.06. The Morgan fingerprint density at radius 3 is 2.52 bits per heavy atom. The molecule has 0 bridgehead atoms. The van der Waals surface area contributed by atoms with Crippen LogP contribution in [0.1, 0.15) is 23.2 Å². The van der Waals surface area contributed by atoms with E-state index in [2.05, 4.69) is 5.32 Å². The summed E-state index contributed by atoms with van der Waals surface area (Å²) in [5.41, 5.74) is 1.00. The van der Waals surface area contributed by atoms with E-state index in [1.54, 1.807) is 43.6 Å². The second-order valence-electron chi connectivity index (χ2n) is 5.07. The Labute approximate surface area is 122 Å². The number of ether oxygens (including phenoxy) is 1. The van der Waals surface area contributed by atoms with Crippen molar-refractivity contribution in [1.29, 1.82) is 0 Å². The fourth-order valence-corrected chi connectivity index (χ4v) is 2.06. The average molecular weight is 284 g/mol. The molecule has 0 radical (unpaired) electrons. The zero-order valence-corrected chi connectivity index (χ0v) is 11.7. The van der Waals surface area contributed by atoms with Gasteiger partial charge >= 0.3 is 0 Å². The van der Waals surface area contributed by atoms with Crippen LogP contribution in [0.2, 0.25) is 0 Å². The number of amides is 1. The molecule has 2 aromatic rings. The molecule has 0 spiro atoms. The van der Waals surface area contributed by atoms with Gasteiger partial charge in [-0.1, -0.05) is 0 Å². The normalized spacial score (nSPS) is 13.8. The highest BCUT2D eigenvalue weighted by Crippen LogP contribution is 2.19. The molecule has 1 N–H and O–H groups in total. The number of carbonyl (C=O) groups is 1. The van der Waals surface area contributed by atoms with Crippen molar-refractivity contribution in [2.24, 2.45) is 0 Å². The highest BCUT2D eigenvalue weighted by molar-refractivity contribution is 5.94. The van der Waals surface area contributed by atoms with E-state index < -0.39 is 0 Å². The molecule has 1 aromatic carbocycles. The van der Waals surface area contributed by atoms with Gasteiger partial charge < -0.3 is 10.1 Å². The summed E-state index contributed by atoms with van der Waals surface area (Å²) < 4.78 is 6.56. The molecular weight excluding hydrogens is 268 g/mol. The summed E-state index contributed by atoms with van der Waals surface area (Å²) in [5, 5.41) is 2.91. The van der Waals surface area contributed by atoms with Gasteiger partial charge in [-0.25, -0.2) is 0 Å². The number of methoxy groups -OCH3 is 1. The molecule has 0 atom stereocenters. The molecule has 21 heavy (non-hydrogen) atoms. The molecule has 5 heteroatoms. The zero-order chi connectivity index (χ0) is 14.8. The summed E-state index contributed by atoms with van der Waals surface area (Å²) in [5.74, 6) is 0.578. The van der Waals surface area contributed by atoms with Gasteiger partial charge in [-0.3, -0.25) is 14.2 Å². The van der Waals surface area contributed by atoms with E-state index in [1.165, 1.54) is 10.6 Å². The molecule has 5 nitrogen and oxygen atoms in total. The largest absolute Gasteiger partial charge is 0.497 e. The minimum atomic E-state index is -0.178. The minimum absolute atomic E-state index is 0.139. The summed E-state index contributed by atoms with van der Waals surface area (Å²) >= 11 is 0. The van der Waals surface area contributed by atoms with Crippen LogP contribution in [-0.4, -0.2) is 23.6 Å². The van der Waals surface area contributed by atoms with Crippen LogP contribution in [0.15, 0.2) is 47.4 Å². The van der Waals surface area contributed by atoms with Gasteiger partial charge in [0.05, 0.1) is 12.7 Å². The van der Waals surface area contributed by atoms with Crippen LogP contribution in [0.3, 0.4) is 0 Å². The third-order valence-corrected chi connectivity index (χ3v) is 3.44. The Hall–Kier alpha value is -2.56. The predicted octanol–water partition coefficient (Wildman–Crippen LogP) is 1.74. The Balaban J connectivity index is 1.92. The first-order valence-corrected chi connectivity index (χ1v) is 6.85. The third-order valence-electron chi connectivity index (χ3n) is 3.44. The number of nitrogens with one attached hydrogen (secondary N) is 1. The van der Waals surface area contributed by atoms with Crippen LogP contribution < -0.4 is 15.6 Å². The van der Waals surface area contributed by atoms with E-state index in [4.69, 9.17) is 4.74 Å².